The first-order chi connectivity index (χ1) is 8.40. The summed E-state index contributed by atoms with van der Waals surface area (Å²) in [5.41, 5.74) is 8.40. The van der Waals surface area contributed by atoms with Gasteiger partial charge in [0.1, 0.15) is 0 Å². The number of hydrogen-bond donors (Lipinski definition) is 1. The van der Waals surface area contributed by atoms with Crippen molar-refractivity contribution in [2.24, 2.45) is 5.73 Å². The van der Waals surface area contributed by atoms with Crippen LogP contribution in [0.4, 0.5) is 0 Å². The predicted molar refractivity (Wildman–Crippen MR) is 81.0 cm³/mol. The van der Waals surface area contributed by atoms with E-state index in [0.717, 1.165) is 19.5 Å². The molecule has 1 aromatic carbocycles. The van der Waals surface area contributed by atoms with E-state index in [1.54, 1.807) is 0 Å². The maximum Gasteiger partial charge on any atom is 0.0169 e. The molecule has 0 amide bonds. The van der Waals surface area contributed by atoms with Crippen LogP contribution in [0.25, 0.3) is 5.57 Å². The van der Waals surface area contributed by atoms with Crippen LogP contribution in [0.1, 0.15) is 24.8 Å². The van der Waals surface area contributed by atoms with Gasteiger partial charge >= 0.3 is 0 Å². The number of nitrogens with zero attached hydrogens (tertiary/aromatic N) is 1. The summed E-state index contributed by atoms with van der Waals surface area (Å²) in [5.74, 6) is 0. The minimum absolute atomic E-state index is 0. The molecule has 1 heterocycles. The van der Waals surface area contributed by atoms with Crippen LogP contribution in [0.3, 0.4) is 0 Å². The molecule has 0 bridgehead atoms. The van der Waals surface area contributed by atoms with Crippen LogP contribution in [-0.2, 0) is 0 Å². The Labute approximate surface area is 116 Å². The molecule has 0 aliphatic carbocycles. The summed E-state index contributed by atoms with van der Waals surface area (Å²) in [4.78, 5) is 2.52. The summed E-state index contributed by atoms with van der Waals surface area (Å²) < 4.78 is 0. The molecule has 0 unspecified atom stereocenters. The Hall–Kier alpha value is -0.830. The first-order valence-corrected chi connectivity index (χ1v) is 6.57. The molecule has 0 spiro atoms. The fraction of sp³-hybridized carbons (Fsp3) is 0.467. The Bertz CT molecular complexity index is 362. The van der Waals surface area contributed by atoms with Crippen LogP contribution < -0.4 is 5.73 Å². The van der Waals surface area contributed by atoms with Gasteiger partial charge in [-0.25, -0.2) is 0 Å². The average molecular weight is 267 g/mol. The normalized spacial score (nSPS) is 15.9. The third-order valence-corrected chi connectivity index (χ3v) is 3.37. The number of hydrogen-bond acceptors (Lipinski definition) is 2. The first-order valence-electron chi connectivity index (χ1n) is 6.57. The van der Waals surface area contributed by atoms with Crippen molar-refractivity contribution < 1.29 is 0 Å². The first kappa shape index (κ1) is 15.2. The van der Waals surface area contributed by atoms with E-state index in [4.69, 9.17) is 5.73 Å². The molecule has 0 radical (unpaired) electrons. The van der Waals surface area contributed by atoms with Crippen LogP contribution in [-0.4, -0.2) is 31.1 Å². The Morgan fingerprint density at radius 2 is 1.89 bits per heavy atom. The summed E-state index contributed by atoms with van der Waals surface area (Å²) in [6, 6.07) is 10.7. The largest absolute Gasteiger partial charge is 0.330 e. The second-order valence-electron chi connectivity index (χ2n) is 4.64. The molecule has 0 fully saturated rings. The van der Waals surface area contributed by atoms with Gasteiger partial charge < -0.3 is 5.73 Å². The van der Waals surface area contributed by atoms with Gasteiger partial charge in [-0.05, 0) is 43.5 Å². The fourth-order valence-corrected chi connectivity index (χ4v) is 2.31. The highest BCUT2D eigenvalue weighted by Gasteiger charge is 2.11. The van der Waals surface area contributed by atoms with E-state index in [9.17, 15) is 0 Å². The lowest BCUT2D eigenvalue weighted by atomic mass is 9.99. The Morgan fingerprint density at radius 1 is 1.11 bits per heavy atom. The summed E-state index contributed by atoms with van der Waals surface area (Å²) in [6.45, 7) is 4.29. The van der Waals surface area contributed by atoms with E-state index >= 15 is 0 Å². The van der Waals surface area contributed by atoms with Crippen molar-refractivity contribution in [3.63, 3.8) is 0 Å². The van der Waals surface area contributed by atoms with Gasteiger partial charge in [-0.2, -0.15) is 0 Å². The molecule has 2 nitrogen and oxygen atoms in total. The molecule has 0 atom stereocenters. The van der Waals surface area contributed by atoms with Crippen molar-refractivity contribution in [1.29, 1.82) is 0 Å². The molecule has 1 aliphatic rings. The van der Waals surface area contributed by atoms with Crippen molar-refractivity contribution in [3.8, 4) is 0 Å². The van der Waals surface area contributed by atoms with Crippen molar-refractivity contribution in [1.82, 2.24) is 4.90 Å². The van der Waals surface area contributed by atoms with E-state index in [2.05, 4.69) is 41.3 Å². The zero-order valence-corrected chi connectivity index (χ0v) is 11.7. The molecule has 0 saturated carbocycles. The zero-order chi connectivity index (χ0) is 11.9. The fourth-order valence-electron chi connectivity index (χ4n) is 2.31. The minimum Gasteiger partial charge on any atom is -0.330 e. The molecule has 18 heavy (non-hydrogen) atoms. The van der Waals surface area contributed by atoms with Crippen LogP contribution >= 0.6 is 12.4 Å². The smallest absolute Gasteiger partial charge is 0.0169 e. The van der Waals surface area contributed by atoms with E-state index in [1.807, 2.05) is 0 Å². The van der Waals surface area contributed by atoms with E-state index in [1.165, 1.54) is 37.1 Å². The number of nitrogens with two attached hydrogens (primary N) is 1. The maximum absolute atomic E-state index is 5.51. The third-order valence-electron chi connectivity index (χ3n) is 3.37. The number of benzene rings is 1. The van der Waals surface area contributed by atoms with Crippen LogP contribution in [0, 0.1) is 0 Å². The second-order valence-corrected chi connectivity index (χ2v) is 4.64. The lowest BCUT2D eigenvalue weighted by Gasteiger charge is -2.26. The van der Waals surface area contributed by atoms with Crippen molar-refractivity contribution in [2.75, 3.05) is 26.2 Å². The number of rotatable bonds is 5. The highest BCUT2D eigenvalue weighted by molar-refractivity contribution is 5.85. The molecule has 100 valence electrons. The van der Waals surface area contributed by atoms with E-state index < -0.39 is 0 Å². The monoisotopic (exact) mass is 266 g/mol. The molecule has 2 N–H and O–H groups in total. The topological polar surface area (TPSA) is 29.3 Å². The maximum atomic E-state index is 5.51. The molecular weight excluding hydrogens is 244 g/mol. The predicted octanol–water partition coefficient (Wildman–Crippen LogP) is 2.94. The van der Waals surface area contributed by atoms with E-state index in [0.29, 0.717) is 0 Å². The van der Waals surface area contributed by atoms with Crippen LogP contribution in [0.2, 0.25) is 0 Å². The Kier molecular flexibility index (Phi) is 7.02. The van der Waals surface area contributed by atoms with Gasteiger partial charge in [0.2, 0.25) is 0 Å². The molecule has 3 heteroatoms. The van der Waals surface area contributed by atoms with Crippen LogP contribution in [0.15, 0.2) is 36.4 Å². The number of halogens is 1. The Balaban J connectivity index is 0.00000162. The van der Waals surface area contributed by atoms with Gasteiger partial charge in [0, 0.05) is 13.1 Å². The second kappa shape index (κ2) is 8.30. The van der Waals surface area contributed by atoms with Gasteiger partial charge in [0.05, 0.1) is 0 Å². The van der Waals surface area contributed by atoms with Crippen molar-refractivity contribution in [3.05, 3.63) is 42.0 Å². The summed E-state index contributed by atoms with van der Waals surface area (Å²) in [7, 11) is 0. The molecule has 1 aromatic rings. The molecule has 2 rings (SSSR count). The van der Waals surface area contributed by atoms with Crippen molar-refractivity contribution >= 4 is 18.0 Å². The standard InChI is InChI=1S/C15H22N2.ClH/c16-10-4-5-11-17-12-8-15(9-13-17)14-6-2-1-3-7-14;/h1-3,6-8H,4-5,9-13,16H2;1H. The molecule has 0 aromatic heterocycles. The Morgan fingerprint density at radius 3 is 2.50 bits per heavy atom. The van der Waals surface area contributed by atoms with Gasteiger partial charge in [-0.1, -0.05) is 36.4 Å². The molecule has 1 aliphatic heterocycles. The molecule has 0 saturated heterocycles. The van der Waals surface area contributed by atoms with Gasteiger partial charge in [-0.3, -0.25) is 4.90 Å². The van der Waals surface area contributed by atoms with Crippen LogP contribution in [0.5, 0.6) is 0 Å². The lowest BCUT2D eigenvalue weighted by molar-refractivity contribution is 0.296. The van der Waals surface area contributed by atoms with Gasteiger partial charge in [-0.15, -0.1) is 12.4 Å². The van der Waals surface area contributed by atoms with Gasteiger partial charge in [0.15, 0.2) is 0 Å². The SMILES string of the molecule is Cl.NCCCCN1CC=C(c2ccccc2)CC1. The molecular formula is C15H23ClN2. The minimum atomic E-state index is 0. The summed E-state index contributed by atoms with van der Waals surface area (Å²) in [6.07, 6.45) is 5.92. The number of unbranched alkanes of at least 4 members (excludes halogenated alkanes) is 1. The van der Waals surface area contributed by atoms with Gasteiger partial charge in [0.25, 0.3) is 0 Å². The highest BCUT2D eigenvalue weighted by atomic mass is 35.5. The summed E-state index contributed by atoms with van der Waals surface area (Å²) in [5, 5.41) is 0. The summed E-state index contributed by atoms with van der Waals surface area (Å²) >= 11 is 0. The van der Waals surface area contributed by atoms with Crippen molar-refractivity contribution in [2.45, 2.75) is 19.3 Å². The average Bonchev–Trinajstić information content (AvgIpc) is 2.41. The highest BCUT2D eigenvalue weighted by Crippen LogP contribution is 2.21. The quantitative estimate of drug-likeness (QED) is 0.831. The third kappa shape index (κ3) is 4.45. The lowest BCUT2D eigenvalue weighted by Crippen LogP contribution is -2.29. The van der Waals surface area contributed by atoms with E-state index in [-0.39, 0.29) is 12.4 Å². The zero-order valence-electron chi connectivity index (χ0n) is 10.8.